The molecular formula is C26H38ClNO8. The Kier molecular flexibility index (Phi) is 8.72. The average Bonchev–Trinajstić information content (AvgIpc) is 3.13. The van der Waals surface area contributed by atoms with Crippen LogP contribution < -0.4 is 0 Å². The summed E-state index contributed by atoms with van der Waals surface area (Å²) in [6.45, 7) is 8.95. The van der Waals surface area contributed by atoms with E-state index in [2.05, 4.69) is 11.9 Å². The molecule has 0 amide bonds. The van der Waals surface area contributed by atoms with Crippen molar-refractivity contribution in [3.8, 4) is 0 Å². The van der Waals surface area contributed by atoms with E-state index in [1.54, 1.807) is 6.92 Å². The Bertz CT molecular complexity index is 990. The van der Waals surface area contributed by atoms with Crippen molar-refractivity contribution in [2.75, 3.05) is 0 Å². The fourth-order valence-electron chi connectivity index (χ4n) is 5.11. The lowest BCUT2D eigenvalue weighted by Crippen LogP contribution is -2.46. The van der Waals surface area contributed by atoms with Gasteiger partial charge in [0.05, 0.1) is 5.03 Å². The molecule has 6 unspecified atom stereocenters. The molecular weight excluding hydrogens is 490 g/mol. The van der Waals surface area contributed by atoms with Crippen LogP contribution in [0.5, 0.6) is 0 Å². The number of cyclic esters (lactones) is 1. The summed E-state index contributed by atoms with van der Waals surface area (Å²) >= 11 is 6.47. The van der Waals surface area contributed by atoms with Gasteiger partial charge >= 0.3 is 5.97 Å². The van der Waals surface area contributed by atoms with Crippen LogP contribution in [0.25, 0.3) is 6.08 Å². The Morgan fingerprint density at radius 3 is 2.58 bits per heavy atom. The first kappa shape index (κ1) is 28.8. The Labute approximate surface area is 216 Å². The van der Waals surface area contributed by atoms with Gasteiger partial charge in [-0.3, -0.25) is 9.59 Å². The topological polar surface area (TPSA) is 143 Å². The van der Waals surface area contributed by atoms with E-state index in [1.165, 1.54) is 12.3 Å². The van der Waals surface area contributed by atoms with E-state index < -0.39 is 41.6 Å². The van der Waals surface area contributed by atoms with E-state index in [-0.39, 0.29) is 47.1 Å². The number of aliphatic hydroxyl groups is 3. The summed E-state index contributed by atoms with van der Waals surface area (Å²) in [4.78, 5) is 30.0. The minimum Gasteiger partial charge on any atom is -0.454 e. The van der Waals surface area contributed by atoms with E-state index in [0.717, 1.165) is 12.8 Å². The first-order valence-electron chi connectivity index (χ1n) is 12.5. The van der Waals surface area contributed by atoms with Crippen molar-refractivity contribution in [3.63, 3.8) is 0 Å². The number of esters is 1. The summed E-state index contributed by atoms with van der Waals surface area (Å²) < 4.78 is 16.3. The number of carbonyl (C=O) groups is 2. The first-order valence-corrected chi connectivity index (χ1v) is 12.9. The lowest BCUT2D eigenvalue weighted by molar-refractivity contribution is -0.164. The number of rotatable bonds is 3. The maximum Gasteiger partial charge on any atom is 0.306 e. The van der Waals surface area contributed by atoms with Gasteiger partial charge in [-0.15, -0.1) is 0 Å². The van der Waals surface area contributed by atoms with Crippen LogP contribution in [0.2, 0.25) is 0 Å². The predicted octanol–water partition coefficient (Wildman–Crippen LogP) is 3.72. The van der Waals surface area contributed by atoms with Crippen molar-refractivity contribution in [2.24, 2.45) is 17.3 Å². The molecule has 1 aromatic rings. The van der Waals surface area contributed by atoms with E-state index in [4.69, 9.17) is 25.5 Å². The molecule has 0 bridgehead atoms. The van der Waals surface area contributed by atoms with E-state index in [0.29, 0.717) is 12.8 Å². The van der Waals surface area contributed by atoms with E-state index in [1.807, 2.05) is 20.8 Å². The lowest BCUT2D eigenvalue weighted by Gasteiger charge is -2.29. The maximum atomic E-state index is 13.1. The summed E-state index contributed by atoms with van der Waals surface area (Å²) in [5.41, 5.74) is -1.55. The Morgan fingerprint density at radius 1 is 1.25 bits per heavy atom. The minimum absolute atomic E-state index is 0.0633. The molecule has 2 aliphatic heterocycles. The molecule has 2 fully saturated rings. The summed E-state index contributed by atoms with van der Waals surface area (Å²) in [5, 5.41) is 31.4. The molecule has 2 saturated heterocycles. The highest BCUT2D eigenvalue weighted by atomic mass is 35.5. The third-order valence-corrected chi connectivity index (χ3v) is 7.80. The number of halogens is 1. The molecule has 10 heteroatoms. The van der Waals surface area contributed by atoms with Crippen molar-refractivity contribution in [3.05, 3.63) is 22.9 Å². The number of epoxide rings is 1. The number of Topliss-reactive ketones (excluding diaryl/α,β-unsaturated/α-hetero) is 1. The van der Waals surface area contributed by atoms with Gasteiger partial charge in [-0.25, -0.2) is 4.98 Å². The molecule has 0 aromatic carbocycles. The highest BCUT2D eigenvalue weighted by molar-refractivity contribution is 6.32. The number of aromatic nitrogens is 1. The second kappa shape index (κ2) is 10.9. The third-order valence-electron chi connectivity index (χ3n) is 7.48. The zero-order valence-corrected chi connectivity index (χ0v) is 22.4. The van der Waals surface area contributed by atoms with Gasteiger partial charge in [0.2, 0.25) is 11.7 Å². The Balaban J connectivity index is 1.90. The standard InChI is InChI=1S/C26H38ClNO8/c1-15-7-6-9-25(5)26(33,36-25)23(32)21(18(27)12-17-14-34-19(13-29)28-17)35-20(30)8-10-24(3,4)22(31)16(2)11-15/h12,14-16,21,23,29,32-33H,6-11,13H2,1-5H3. The van der Waals surface area contributed by atoms with Crippen LogP contribution in [-0.4, -0.2) is 55.7 Å². The molecule has 0 spiro atoms. The molecule has 6 atom stereocenters. The highest BCUT2D eigenvalue weighted by Gasteiger charge is 2.72. The van der Waals surface area contributed by atoms with Gasteiger partial charge in [0, 0.05) is 17.8 Å². The number of hydrogen-bond acceptors (Lipinski definition) is 9. The number of ketones is 1. The van der Waals surface area contributed by atoms with Gasteiger partial charge in [-0.05, 0) is 38.2 Å². The van der Waals surface area contributed by atoms with Gasteiger partial charge < -0.3 is 29.2 Å². The Morgan fingerprint density at radius 2 is 1.94 bits per heavy atom. The van der Waals surface area contributed by atoms with Crippen LogP contribution >= 0.6 is 11.6 Å². The van der Waals surface area contributed by atoms with Crippen LogP contribution in [0, 0.1) is 17.3 Å². The molecule has 202 valence electrons. The minimum atomic E-state index is -1.96. The first-order chi connectivity index (χ1) is 16.7. The van der Waals surface area contributed by atoms with E-state index in [9.17, 15) is 24.9 Å². The molecule has 2 aliphatic rings. The summed E-state index contributed by atoms with van der Waals surface area (Å²) in [6, 6.07) is 0. The number of fused-ring (bicyclic) bond motifs is 1. The van der Waals surface area contributed by atoms with Gasteiger partial charge in [0.15, 0.2) is 12.2 Å². The summed E-state index contributed by atoms with van der Waals surface area (Å²) in [7, 11) is 0. The number of aliphatic hydroxyl groups excluding tert-OH is 2. The Hall–Kier alpha value is -1.78. The van der Waals surface area contributed by atoms with Crippen LogP contribution in [0.1, 0.15) is 84.7 Å². The monoisotopic (exact) mass is 527 g/mol. The zero-order valence-electron chi connectivity index (χ0n) is 21.6. The number of ether oxygens (including phenoxy) is 2. The molecule has 3 rings (SSSR count). The van der Waals surface area contributed by atoms with Gasteiger partial charge in [0.1, 0.15) is 29.9 Å². The molecule has 3 N–H and O–H groups in total. The van der Waals surface area contributed by atoms with Crippen LogP contribution in [0.15, 0.2) is 15.7 Å². The molecule has 0 saturated carbocycles. The van der Waals surface area contributed by atoms with Crippen molar-refractivity contribution >= 4 is 29.4 Å². The van der Waals surface area contributed by atoms with Crippen LogP contribution in [-0.2, 0) is 25.7 Å². The second-order valence-corrected chi connectivity index (χ2v) is 11.6. The molecule has 1 aromatic heterocycles. The SMILES string of the molecule is CC1CCCC2(C)OC2(O)C(O)C(C(Cl)=Cc2coc(CO)n2)OC(=O)CCC(C)(C)C(=O)C(C)C1. The molecule has 36 heavy (non-hydrogen) atoms. The fraction of sp³-hybridized carbons (Fsp3) is 0.731. The number of nitrogens with zero attached hydrogens (tertiary/aromatic N) is 1. The molecule has 0 radical (unpaired) electrons. The number of hydrogen-bond donors (Lipinski definition) is 3. The maximum absolute atomic E-state index is 13.1. The van der Waals surface area contributed by atoms with Crippen molar-refractivity contribution in [2.45, 2.75) is 103 Å². The number of oxazole rings is 1. The van der Waals surface area contributed by atoms with Crippen LogP contribution in [0.4, 0.5) is 0 Å². The van der Waals surface area contributed by atoms with E-state index >= 15 is 0 Å². The summed E-state index contributed by atoms with van der Waals surface area (Å²) in [5.74, 6) is -2.35. The predicted molar refractivity (Wildman–Crippen MR) is 131 cm³/mol. The smallest absolute Gasteiger partial charge is 0.306 e. The molecule has 0 aliphatic carbocycles. The summed E-state index contributed by atoms with van der Waals surface area (Å²) in [6.07, 6.45) is 2.37. The molecule has 9 nitrogen and oxygen atoms in total. The lowest BCUT2D eigenvalue weighted by atomic mass is 9.75. The van der Waals surface area contributed by atoms with Gasteiger partial charge in [-0.1, -0.05) is 52.1 Å². The fourth-order valence-corrected chi connectivity index (χ4v) is 5.38. The largest absolute Gasteiger partial charge is 0.454 e. The third kappa shape index (κ3) is 6.19. The average molecular weight is 528 g/mol. The normalized spacial score (nSPS) is 36.8. The van der Waals surface area contributed by atoms with Gasteiger partial charge in [0.25, 0.3) is 0 Å². The van der Waals surface area contributed by atoms with Crippen molar-refractivity contribution in [1.29, 1.82) is 0 Å². The zero-order chi connectivity index (χ0) is 26.9. The number of carbonyl (C=O) groups excluding carboxylic acids is 2. The van der Waals surface area contributed by atoms with Crippen molar-refractivity contribution < 1.29 is 38.8 Å². The second-order valence-electron chi connectivity index (χ2n) is 11.1. The van der Waals surface area contributed by atoms with Crippen molar-refractivity contribution in [1.82, 2.24) is 4.98 Å². The molecule has 3 heterocycles. The van der Waals surface area contributed by atoms with Gasteiger partial charge in [-0.2, -0.15) is 0 Å². The van der Waals surface area contributed by atoms with Crippen LogP contribution in [0.3, 0.4) is 0 Å². The quantitative estimate of drug-likeness (QED) is 0.395. The highest BCUT2D eigenvalue weighted by Crippen LogP contribution is 2.53.